The highest BCUT2D eigenvalue weighted by atomic mass is 31.2. The number of hydrogen-bond donors (Lipinski definition) is 2. The van der Waals surface area contributed by atoms with Crippen LogP contribution in [-0.4, -0.2) is 68.5 Å². The molecule has 0 heterocycles. The van der Waals surface area contributed by atoms with E-state index in [-0.39, 0.29) is 12.5 Å². The summed E-state index contributed by atoms with van der Waals surface area (Å²) in [7, 11) is 1.24. The molecule has 0 aliphatic heterocycles. The number of phosphoric ester groups is 1. The van der Waals surface area contributed by atoms with Crippen molar-refractivity contribution in [1.82, 2.24) is 5.32 Å². The van der Waals surface area contributed by atoms with Crippen LogP contribution < -0.4 is 10.2 Å². The fourth-order valence-corrected chi connectivity index (χ4v) is 8.91. The molecule has 0 radical (unpaired) electrons. The first-order valence-electron chi connectivity index (χ1n) is 27.9. The molecule has 0 saturated heterocycles. The third kappa shape index (κ3) is 50.4. The predicted molar refractivity (Wildman–Crippen MR) is 279 cm³/mol. The van der Waals surface area contributed by atoms with Crippen LogP contribution in [0, 0.1) is 0 Å². The highest BCUT2D eigenvalue weighted by Crippen LogP contribution is 2.38. The van der Waals surface area contributed by atoms with Gasteiger partial charge in [0.05, 0.1) is 39.9 Å². The van der Waals surface area contributed by atoms with Crippen LogP contribution in [0.5, 0.6) is 0 Å². The molecule has 3 atom stereocenters. The molecular formula is C56H109N2O6P. The third-order valence-electron chi connectivity index (χ3n) is 12.6. The molecule has 0 aliphatic carbocycles. The van der Waals surface area contributed by atoms with E-state index < -0.39 is 26.6 Å². The molecule has 1 amide bonds. The molecule has 65 heavy (non-hydrogen) atoms. The quantitative estimate of drug-likeness (QED) is 0.0272. The van der Waals surface area contributed by atoms with Crippen LogP contribution in [0.25, 0.3) is 0 Å². The van der Waals surface area contributed by atoms with E-state index in [0.29, 0.717) is 17.4 Å². The van der Waals surface area contributed by atoms with Crippen molar-refractivity contribution in [3.63, 3.8) is 0 Å². The van der Waals surface area contributed by atoms with Crippen molar-refractivity contribution < 1.29 is 32.9 Å². The zero-order valence-corrected chi connectivity index (χ0v) is 44.6. The first-order chi connectivity index (χ1) is 31.5. The number of aliphatic hydroxyl groups excluding tert-OH is 1. The third-order valence-corrected chi connectivity index (χ3v) is 13.5. The lowest BCUT2D eigenvalue weighted by Crippen LogP contribution is -2.45. The molecule has 0 spiro atoms. The van der Waals surface area contributed by atoms with Crippen molar-refractivity contribution in [2.45, 2.75) is 276 Å². The average Bonchev–Trinajstić information content (AvgIpc) is 3.26. The number of carbonyl (C=O) groups excluding carboxylic acids is 1. The summed E-state index contributed by atoms with van der Waals surface area (Å²) in [6.45, 7) is 4.64. The number of likely N-dealkylation sites (N-methyl/N-ethyl adjacent to an activating group) is 1. The monoisotopic (exact) mass is 937 g/mol. The van der Waals surface area contributed by atoms with E-state index in [1.165, 1.54) is 199 Å². The maximum absolute atomic E-state index is 12.9. The number of quaternary nitrogens is 1. The van der Waals surface area contributed by atoms with Crippen LogP contribution in [0.4, 0.5) is 0 Å². The van der Waals surface area contributed by atoms with Gasteiger partial charge in [0.2, 0.25) is 5.91 Å². The molecule has 0 aliphatic rings. The lowest BCUT2D eigenvalue weighted by Gasteiger charge is -2.29. The number of nitrogens with zero attached hydrogens (tertiary/aromatic N) is 1. The minimum absolute atomic E-state index is 0.00751. The van der Waals surface area contributed by atoms with Crippen LogP contribution in [0.15, 0.2) is 36.5 Å². The number of amides is 1. The Morgan fingerprint density at radius 3 is 1.25 bits per heavy atom. The molecule has 0 rings (SSSR count). The zero-order valence-electron chi connectivity index (χ0n) is 43.7. The van der Waals surface area contributed by atoms with Crippen LogP contribution >= 0.6 is 7.82 Å². The summed E-state index contributed by atoms with van der Waals surface area (Å²) in [5.41, 5.74) is 0. The number of aliphatic hydroxyl groups is 1. The van der Waals surface area contributed by atoms with E-state index in [1.54, 1.807) is 6.08 Å². The summed E-state index contributed by atoms with van der Waals surface area (Å²) in [5, 5.41) is 13.8. The van der Waals surface area contributed by atoms with Crippen molar-refractivity contribution in [2.24, 2.45) is 0 Å². The Bertz CT molecular complexity index is 1150. The number of unbranched alkanes of at least 4 members (excludes halogenated alkanes) is 34. The fourth-order valence-electron chi connectivity index (χ4n) is 8.19. The topological polar surface area (TPSA) is 108 Å². The van der Waals surface area contributed by atoms with Crippen LogP contribution in [-0.2, 0) is 18.4 Å². The summed E-state index contributed by atoms with van der Waals surface area (Å²) in [6, 6.07) is -0.907. The van der Waals surface area contributed by atoms with Gasteiger partial charge in [0.25, 0.3) is 7.82 Å². The molecule has 0 bridgehead atoms. The van der Waals surface area contributed by atoms with Crippen LogP contribution in [0.1, 0.15) is 264 Å². The smallest absolute Gasteiger partial charge is 0.268 e. The Labute approximate surface area is 404 Å². The second-order valence-corrected chi connectivity index (χ2v) is 21.7. The van der Waals surface area contributed by atoms with E-state index in [4.69, 9.17) is 9.05 Å². The molecule has 3 unspecified atom stereocenters. The van der Waals surface area contributed by atoms with E-state index in [0.717, 1.165) is 44.9 Å². The summed E-state index contributed by atoms with van der Waals surface area (Å²) < 4.78 is 23.3. The van der Waals surface area contributed by atoms with Gasteiger partial charge in [-0.2, -0.15) is 0 Å². The van der Waals surface area contributed by atoms with Crippen molar-refractivity contribution in [3.8, 4) is 0 Å². The standard InChI is InChI=1S/C56H109N2O6P/c1-6-8-10-12-14-16-18-20-22-24-25-26-27-28-29-30-31-32-34-36-38-40-42-44-46-48-50-56(60)57-54(53-64-65(61,62)63-52-51-58(3,4)5)55(59)49-47-45-43-41-39-37-35-33-23-21-19-17-15-13-11-9-7-2/h23,33,39,41,47,49,54-55,59H,6-22,24-32,34-38,40,42-46,48,50-53H2,1-5H3,(H-,57,60,61,62)/b33-23+,41-39+,49-47+. The van der Waals surface area contributed by atoms with Gasteiger partial charge in [-0.15, -0.1) is 0 Å². The maximum atomic E-state index is 12.9. The van der Waals surface area contributed by atoms with Gasteiger partial charge in [0, 0.05) is 6.42 Å². The van der Waals surface area contributed by atoms with E-state index in [9.17, 15) is 19.4 Å². The van der Waals surface area contributed by atoms with Gasteiger partial charge in [0.15, 0.2) is 0 Å². The Morgan fingerprint density at radius 2 is 0.862 bits per heavy atom. The van der Waals surface area contributed by atoms with Gasteiger partial charge in [-0.1, -0.05) is 249 Å². The first kappa shape index (κ1) is 63.7. The molecule has 384 valence electrons. The molecular weight excluding hydrogens is 828 g/mol. The largest absolute Gasteiger partial charge is 0.756 e. The van der Waals surface area contributed by atoms with Crippen molar-refractivity contribution in [3.05, 3.63) is 36.5 Å². The minimum Gasteiger partial charge on any atom is -0.756 e. The Kier molecular flexibility index (Phi) is 46.8. The molecule has 8 nitrogen and oxygen atoms in total. The van der Waals surface area contributed by atoms with Gasteiger partial charge in [-0.25, -0.2) is 0 Å². The second kappa shape index (κ2) is 47.8. The number of allylic oxidation sites excluding steroid dienone is 5. The number of phosphoric acid groups is 1. The normalized spacial score (nSPS) is 14.3. The number of rotatable bonds is 51. The average molecular weight is 937 g/mol. The Hall–Kier alpha value is -1.28. The van der Waals surface area contributed by atoms with Crippen LogP contribution in [0.3, 0.4) is 0 Å². The molecule has 0 saturated carbocycles. The Balaban J connectivity index is 4.21. The van der Waals surface area contributed by atoms with Gasteiger partial charge < -0.3 is 28.8 Å². The van der Waals surface area contributed by atoms with Gasteiger partial charge in [-0.3, -0.25) is 9.36 Å². The molecule has 0 fully saturated rings. The van der Waals surface area contributed by atoms with Crippen molar-refractivity contribution >= 4 is 13.7 Å². The van der Waals surface area contributed by atoms with Crippen LogP contribution in [0.2, 0.25) is 0 Å². The number of nitrogens with one attached hydrogen (secondary N) is 1. The number of carbonyl (C=O) groups is 1. The van der Waals surface area contributed by atoms with Gasteiger partial charge >= 0.3 is 0 Å². The minimum atomic E-state index is -4.60. The molecule has 0 aromatic carbocycles. The molecule has 9 heteroatoms. The SMILES string of the molecule is CCCCCCCCC/C=C/CC/C=C/CC/C=C/C(O)C(COP(=O)([O-])OCC[N+](C)(C)C)NC(=O)CCCCCCCCCCCCCCCCCCCCCCCCCCCC. The highest BCUT2D eigenvalue weighted by molar-refractivity contribution is 7.45. The lowest BCUT2D eigenvalue weighted by atomic mass is 10.0. The van der Waals surface area contributed by atoms with E-state index >= 15 is 0 Å². The predicted octanol–water partition coefficient (Wildman–Crippen LogP) is 16.0. The highest BCUT2D eigenvalue weighted by Gasteiger charge is 2.23. The Morgan fingerprint density at radius 1 is 0.523 bits per heavy atom. The first-order valence-corrected chi connectivity index (χ1v) is 29.3. The molecule has 0 aromatic rings. The van der Waals surface area contributed by atoms with Gasteiger partial charge in [0.1, 0.15) is 13.2 Å². The van der Waals surface area contributed by atoms with Crippen molar-refractivity contribution in [2.75, 3.05) is 40.9 Å². The zero-order chi connectivity index (χ0) is 47.8. The summed E-state index contributed by atoms with van der Waals surface area (Å²) in [5.74, 6) is -0.207. The van der Waals surface area contributed by atoms with Gasteiger partial charge in [-0.05, 0) is 44.9 Å². The van der Waals surface area contributed by atoms with E-state index in [2.05, 4.69) is 43.5 Å². The van der Waals surface area contributed by atoms with Crippen molar-refractivity contribution in [1.29, 1.82) is 0 Å². The number of hydrogen-bond acceptors (Lipinski definition) is 6. The van der Waals surface area contributed by atoms with E-state index in [1.807, 2.05) is 27.2 Å². The molecule has 2 N–H and O–H groups in total. The summed E-state index contributed by atoms with van der Waals surface area (Å²) in [4.78, 5) is 25.4. The fraction of sp³-hybridized carbons (Fsp3) is 0.875. The summed E-state index contributed by atoms with van der Waals surface area (Å²) in [6.07, 6.45) is 60.8. The summed E-state index contributed by atoms with van der Waals surface area (Å²) >= 11 is 0. The second-order valence-electron chi connectivity index (χ2n) is 20.3. The maximum Gasteiger partial charge on any atom is 0.268 e. The lowest BCUT2D eigenvalue weighted by molar-refractivity contribution is -0.870. The molecule has 0 aromatic heterocycles.